The van der Waals surface area contributed by atoms with Gasteiger partial charge in [0.2, 0.25) is 0 Å². The molecule has 2 aliphatic rings. The second-order valence-electron chi connectivity index (χ2n) is 6.88. The highest BCUT2D eigenvalue weighted by atomic mass is 15.3. The van der Waals surface area contributed by atoms with Gasteiger partial charge >= 0.3 is 0 Å². The van der Waals surface area contributed by atoms with Gasteiger partial charge in [-0.2, -0.15) is 0 Å². The van der Waals surface area contributed by atoms with Crippen LogP contribution in [0, 0.1) is 0 Å². The molecule has 1 saturated heterocycles. The zero-order valence-electron chi connectivity index (χ0n) is 12.2. The summed E-state index contributed by atoms with van der Waals surface area (Å²) in [6.07, 6.45) is 9.28. The third kappa shape index (κ3) is 2.67. The summed E-state index contributed by atoms with van der Waals surface area (Å²) in [7, 11) is 0. The number of nitrogens with one attached hydrogen (secondary N) is 1. The van der Waals surface area contributed by atoms with Crippen LogP contribution in [0.3, 0.4) is 0 Å². The molecule has 19 heavy (non-hydrogen) atoms. The minimum absolute atomic E-state index is 0.223. The lowest BCUT2D eigenvalue weighted by molar-refractivity contribution is 0.0122. The fraction of sp³-hybridized carbons (Fsp3) is 0.688. The van der Waals surface area contributed by atoms with Crippen LogP contribution >= 0.6 is 0 Å². The van der Waals surface area contributed by atoms with Crippen molar-refractivity contribution in [2.24, 2.45) is 0 Å². The highest BCUT2D eigenvalue weighted by molar-refractivity contribution is 5.13. The van der Waals surface area contributed by atoms with Crippen LogP contribution in [-0.2, 0) is 6.54 Å². The van der Waals surface area contributed by atoms with Crippen LogP contribution < -0.4 is 5.32 Å². The van der Waals surface area contributed by atoms with Crippen LogP contribution in [0.5, 0.6) is 0 Å². The van der Waals surface area contributed by atoms with E-state index in [1.54, 1.807) is 0 Å². The van der Waals surface area contributed by atoms with E-state index in [1.807, 2.05) is 12.4 Å². The summed E-state index contributed by atoms with van der Waals surface area (Å²) < 4.78 is 0. The van der Waals surface area contributed by atoms with Crippen molar-refractivity contribution in [2.45, 2.75) is 57.2 Å². The van der Waals surface area contributed by atoms with E-state index in [4.69, 9.17) is 0 Å². The standard InChI is InChI=1S/C16H25N3/c1-15(2)13-19(11-14-5-9-17-10-6-14)16(12-18-15)7-3-4-8-16/h5-6,9-10,18H,3-4,7-8,11-13H2,1-2H3. The van der Waals surface area contributed by atoms with Gasteiger partial charge in [-0.25, -0.2) is 0 Å². The number of piperazine rings is 1. The van der Waals surface area contributed by atoms with Gasteiger partial charge in [0.05, 0.1) is 0 Å². The third-order valence-corrected chi connectivity index (χ3v) is 4.81. The molecule has 3 rings (SSSR count). The second-order valence-corrected chi connectivity index (χ2v) is 6.88. The van der Waals surface area contributed by atoms with Crippen LogP contribution in [0.2, 0.25) is 0 Å². The van der Waals surface area contributed by atoms with Crippen molar-refractivity contribution in [3.63, 3.8) is 0 Å². The molecule has 1 saturated carbocycles. The molecule has 104 valence electrons. The molecule has 0 bridgehead atoms. The number of hydrogen-bond donors (Lipinski definition) is 1. The number of aromatic nitrogens is 1. The molecule has 3 heteroatoms. The summed E-state index contributed by atoms with van der Waals surface area (Å²) >= 11 is 0. The Morgan fingerprint density at radius 2 is 1.89 bits per heavy atom. The zero-order valence-corrected chi connectivity index (χ0v) is 12.2. The summed E-state index contributed by atoms with van der Waals surface area (Å²) in [6.45, 7) is 7.97. The number of pyridine rings is 1. The van der Waals surface area contributed by atoms with E-state index >= 15 is 0 Å². The summed E-state index contributed by atoms with van der Waals surface area (Å²) in [4.78, 5) is 6.85. The summed E-state index contributed by atoms with van der Waals surface area (Å²) in [5, 5.41) is 3.75. The van der Waals surface area contributed by atoms with Crippen molar-refractivity contribution in [3.05, 3.63) is 30.1 Å². The molecule has 0 radical (unpaired) electrons. The molecule has 3 nitrogen and oxygen atoms in total. The van der Waals surface area contributed by atoms with Crippen molar-refractivity contribution < 1.29 is 0 Å². The first-order chi connectivity index (χ1) is 9.10. The fourth-order valence-corrected chi connectivity index (χ4v) is 3.67. The van der Waals surface area contributed by atoms with Gasteiger partial charge in [0.25, 0.3) is 0 Å². The van der Waals surface area contributed by atoms with E-state index in [-0.39, 0.29) is 5.54 Å². The topological polar surface area (TPSA) is 28.2 Å². The first-order valence-electron chi connectivity index (χ1n) is 7.49. The van der Waals surface area contributed by atoms with Crippen molar-refractivity contribution in [1.29, 1.82) is 0 Å². The molecule has 1 N–H and O–H groups in total. The van der Waals surface area contributed by atoms with Crippen molar-refractivity contribution >= 4 is 0 Å². The van der Waals surface area contributed by atoms with Gasteiger partial charge in [-0.05, 0) is 44.4 Å². The molecule has 2 fully saturated rings. The average molecular weight is 259 g/mol. The maximum atomic E-state index is 4.13. The Morgan fingerprint density at radius 1 is 1.21 bits per heavy atom. The van der Waals surface area contributed by atoms with Crippen molar-refractivity contribution in [1.82, 2.24) is 15.2 Å². The van der Waals surface area contributed by atoms with E-state index in [9.17, 15) is 0 Å². The third-order valence-electron chi connectivity index (χ3n) is 4.81. The maximum absolute atomic E-state index is 4.13. The van der Waals surface area contributed by atoms with E-state index in [2.05, 4.69) is 41.2 Å². The smallest absolute Gasteiger partial charge is 0.0338 e. The average Bonchev–Trinajstić information content (AvgIpc) is 2.85. The normalized spacial score (nSPS) is 25.8. The Balaban J connectivity index is 1.81. The summed E-state index contributed by atoms with van der Waals surface area (Å²) in [6, 6.07) is 4.30. The largest absolute Gasteiger partial charge is 0.309 e. The molecule has 0 aromatic carbocycles. The molecule has 0 amide bonds. The molecular formula is C16H25N3. The summed E-state index contributed by atoms with van der Waals surface area (Å²) in [5.41, 5.74) is 2.01. The zero-order chi connectivity index (χ0) is 13.3. The van der Waals surface area contributed by atoms with Gasteiger partial charge in [0.15, 0.2) is 0 Å². The molecule has 1 aliphatic heterocycles. The van der Waals surface area contributed by atoms with Crippen LogP contribution in [0.15, 0.2) is 24.5 Å². The van der Waals surface area contributed by atoms with Gasteiger partial charge < -0.3 is 5.32 Å². The quantitative estimate of drug-likeness (QED) is 0.885. The Morgan fingerprint density at radius 3 is 2.58 bits per heavy atom. The minimum atomic E-state index is 0.223. The number of nitrogens with zero attached hydrogens (tertiary/aromatic N) is 2. The van der Waals surface area contributed by atoms with Gasteiger partial charge in [0, 0.05) is 43.1 Å². The molecule has 2 heterocycles. The predicted octanol–water partition coefficient (Wildman–Crippen LogP) is 2.58. The molecule has 1 aromatic rings. The number of hydrogen-bond acceptors (Lipinski definition) is 3. The maximum Gasteiger partial charge on any atom is 0.0338 e. The van der Waals surface area contributed by atoms with Crippen molar-refractivity contribution in [3.8, 4) is 0 Å². The van der Waals surface area contributed by atoms with Crippen LogP contribution in [0.4, 0.5) is 0 Å². The van der Waals surface area contributed by atoms with E-state index in [1.165, 1.54) is 31.2 Å². The van der Waals surface area contributed by atoms with E-state index in [0.717, 1.165) is 19.6 Å². The second kappa shape index (κ2) is 4.88. The molecule has 0 unspecified atom stereocenters. The predicted molar refractivity (Wildman–Crippen MR) is 77.9 cm³/mol. The molecule has 1 spiro atoms. The number of rotatable bonds is 2. The van der Waals surface area contributed by atoms with Gasteiger partial charge in [-0.1, -0.05) is 12.8 Å². The lowest BCUT2D eigenvalue weighted by Gasteiger charge is -2.51. The lowest BCUT2D eigenvalue weighted by Crippen LogP contribution is -2.66. The monoisotopic (exact) mass is 259 g/mol. The fourth-order valence-electron chi connectivity index (χ4n) is 3.67. The van der Waals surface area contributed by atoms with E-state index in [0.29, 0.717) is 5.54 Å². The Kier molecular flexibility index (Phi) is 3.35. The van der Waals surface area contributed by atoms with Crippen LogP contribution in [0.1, 0.15) is 45.1 Å². The van der Waals surface area contributed by atoms with Gasteiger partial charge in [-0.15, -0.1) is 0 Å². The van der Waals surface area contributed by atoms with E-state index < -0.39 is 0 Å². The minimum Gasteiger partial charge on any atom is -0.309 e. The highest BCUT2D eigenvalue weighted by Crippen LogP contribution is 2.39. The first kappa shape index (κ1) is 13.1. The van der Waals surface area contributed by atoms with Gasteiger partial charge in [-0.3, -0.25) is 9.88 Å². The Labute approximate surface area is 116 Å². The van der Waals surface area contributed by atoms with Crippen molar-refractivity contribution in [2.75, 3.05) is 13.1 Å². The molecular weight excluding hydrogens is 234 g/mol. The summed E-state index contributed by atoms with van der Waals surface area (Å²) in [5.74, 6) is 0. The SMILES string of the molecule is CC1(C)CN(Cc2ccncc2)C2(CCCC2)CN1. The molecule has 1 aromatic heterocycles. The molecule has 0 atom stereocenters. The Hall–Kier alpha value is -0.930. The first-order valence-corrected chi connectivity index (χ1v) is 7.49. The van der Waals surface area contributed by atoms with Gasteiger partial charge in [0.1, 0.15) is 0 Å². The Bertz CT molecular complexity index is 421. The molecule has 1 aliphatic carbocycles. The van der Waals surface area contributed by atoms with Crippen LogP contribution in [-0.4, -0.2) is 34.1 Å². The highest BCUT2D eigenvalue weighted by Gasteiger charge is 2.45. The van der Waals surface area contributed by atoms with Crippen LogP contribution in [0.25, 0.3) is 0 Å². The lowest BCUT2D eigenvalue weighted by atomic mass is 9.86.